The molecule has 9 heteroatoms. The standard InChI is InChI=1S/C7H10N4O4S/c8-6(13)10-11-7(16)9-5(12)4-3-14-1-2-15-4/h3H,1-2H2,(H3,8,10,13)(H2,9,11,12,16). The van der Waals surface area contributed by atoms with Crippen LogP contribution in [0.3, 0.4) is 0 Å². The van der Waals surface area contributed by atoms with Crippen LogP contribution in [0.4, 0.5) is 4.79 Å². The van der Waals surface area contributed by atoms with E-state index in [4.69, 9.17) is 15.2 Å². The second-order valence-electron chi connectivity index (χ2n) is 2.60. The summed E-state index contributed by atoms with van der Waals surface area (Å²) < 4.78 is 9.87. The number of rotatable bonds is 1. The van der Waals surface area contributed by atoms with E-state index in [1.807, 2.05) is 5.43 Å². The zero-order valence-corrected chi connectivity index (χ0v) is 8.93. The molecule has 88 valence electrons. The normalized spacial score (nSPS) is 13.6. The van der Waals surface area contributed by atoms with Crippen LogP contribution in [0.2, 0.25) is 0 Å². The van der Waals surface area contributed by atoms with Gasteiger partial charge < -0.3 is 15.2 Å². The van der Waals surface area contributed by atoms with E-state index in [1.165, 1.54) is 6.26 Å². The Balaban J connectivity index is 2.35. The van der Waals surface area contributed by atoms with Crippen molar-refractivity contribution in [3.05, 3.63) is 12.0 Å². The first kappa shape index (κ1) is 12.0. The quantitative estimate of drug-likeness (QED) is 0.329. The monoisotopic (exact) mass is 246 g/mol. The molecule has 0 aliphatic carbocycles. The van der Waals surface area contributed by atoms with Gasteiger partial charge in [0.15, 0.2) is 5.11 Å². The van der Waals surface area contributed by atoms with E-state index in [9.17, 15) is 9.59 Å². The van der Waals surface area contributed by atoms with Gasteiger partial charge in [0, 0.05) is 0 Å². The molecule has 1 aliphatic heterocycles. The van der Waals surface area contributed by atoms with Crippen molar-refractivity contribution in [1.29, 1.82) is 0 Å². The predicted octanol–water partition coefficient (Wildman–Crippen LogP) is -1.55. The summed E-state index contributed by atoms with van der Waals surface area (Å²) in [6.07, 6.45) is 1.18. The molecule has 1 rings (SSSR count). The van der Waals surface area contributed by atoms with Gasteiger partial charge in [-0.05, 0) is 12.2 Å². The Labute approximate surface area is 96.1 Å². The van der Waals surface area contributed by atoms with Crippen LogP contribution in [0, 0.1) is 0 Å². The molecular formula is C7H10N4O4S. The van der Waals surface area contributed by atoms with Crippen LogP contribution in [0.25, 0.3) is 0 Å². The molecule has 8 nitrogen and oxygen atoms in total. The second-order valence-corrected chi connectivity index (χ2v) is 3.01. The average molecular weight is 246 g/mol. The zero-order chi connectivity index (χ0) is 12.0. The van der Waals surface area contributed by atoms with Crippen LogP contribution in [0.5, 0.6) is 0 Å². The molecule has 5 N–H and O–H groups in total. The van der Waals surface area contributed by atoms with Gasteiger partial charge in [0.05, 0.1) is 0 Å². The number of nitrogens with two attached hydrogens (primary N) is 1. The highest BCUT2D eigenvalue weighted by Crippen LogP contribution is 2.03. The smallest absolute Gasteiger partial charge is 0.330 e. The Hall–Kier alpha value is -2.03. The first-order chi connectivity index (χ1) is 7.59. The molecule has 16 heavy (non-hydrogen) atoms. The Kier molecular flexibility index (Phi) is 4.33. The minimum atomic E-state index is -0.826. The van der Waals surface area contributed by atoms with Crippen molar-refractivity contribution < 1.29 is 19.1 Å². The van der Waals surface area contributed by atoms with Crippen LogP contribution in [-0.4, -0.2) is 30.3 Å². The van der Waals surface area contributed by atoms with Gasteiger partial charge in [-0.3, -0.25) is 15.5 Å². The number of carbonyl (C=O) groups excluding carboxylic acids is 2. The Morgan fingerprint density at radius 2 is 2.12 bits per heavy atom. The SMILES string of the molecule is NC(=O)NNC(=S)NC(=O)C1=COCCO1. The lowest BCUT2D eigenvalue weighted by Gasteiger charge is -2.15. The van der Waals surface area contributed by atoms with Crippen molar-refractivity contribution in [2.75, 3.05) is 13.2 Å². The highest BCUT2D eigenvalue weighted by molar-refractivity contribution is 7.80. The number of carbonyl (C=O) groups is 2. The third kappa shape index (κ3) is 4.00. The summed E-state index contributed by atoms with van der Waals surface area (Å²) in [5, 5.41) is 2.13. The maximum Gasteiger partial charge on any atom is 0.330 e. The molecule has 0 unspecified atom stereocenters. The van der Waals surface area contributed by atoms with Crippen LogP contribution in [0.15, 0.2) is 12.0 Å². The third-order valence-corrected chi connectivity index (χ3v) is 1.60. The molecule has 3 amide bonds. The molecule has 0 atom stereocenters. The lowest BCUT2D eigenvalue weighted by molar-refractivity contribution is -0.120. The van der Waals surface area contributed by atoms with Gasteiger partial charge in [0.2, 0.25) is 5.76 Å². The first-order valence-corrected chi connectivity index (χ1v) is 4.62. The molecule has 1 heterocycles. The largest absolute Gasteiger partial charge is 0.494 e. The van der Waals surface area contributed by atoms with Gasteiger partial charge in [-0.1, -0.05) is 0 Å². The number of hydrogen-bond acceptors (Lipinski definition) is 5. The number of ether oxygens (including phenoxy) is 2. The van der Waals surface area contributed by atoms with E-state index >= 15 is 0 Å². The molecule has 0 bridgehead atoms. The summed E-state index contributed by atoms with van der Waals surface area (Å²) in [5.41, 5.74) is 8.97. The van der Waals surface area contributed by atoms with Crippen molar-refractivity contribution in [2.24, 2.45) is 5.73 Å². The van der Waals surface area contributed by atoms with Crippen LogP contribution in [-0.2, 0) is 14.3 Å². The Morgan fingerprint density at radius 1 is 1.38 bits per heavy atom. The molecule has 0 aromatic heterocycles. The molecular weight excluding hydrogens is 236 g/mol. The summed E-state index contributed by atoms with van der Waals surface area (Å²) in [6, 6.07) is -0.826. The van der Waals surface area contributed by atoms with Gasteiger partial charge in [-0.2, -0.15) is 0 Å². The van der Waals surface area contributed by atoms with Crippen molar-refractivity contribution >= 4 is 29.3 Å². The predicted molar refractivity (Wildman–Crippen MR) is 56.6 cm³/mol. The highest BCUT2D eigenvalue weighted by atomic mass is 32.1. The van der Waals surface area contributed by atoms with E-state index in [0.717, 1.165) is 0 Å². The van der Waals surface area contributed by atoms with Crippen molar-refractivity contribution in [1.82, 2.24) is 16.2 Å². The van der Waals surface area contributed by atoms with Gasteiger partial charge in [0.25, 0.3) is 5.91 Å². The maximum atomic E-state index is 11.4. The zero-order valence-electron chi connectivity index (χ0n) is 8.11. The van der Waals surface area contributed by atoms with Gasteiger partial charge in [-0.15, -0.1) is 0 Å². The molecule has 0 fully saturated rings. The van der Waals surface area contributed by atoms with Gasteiger partial charge >= 0.3 is 6.03 Å². The summed E-state index contributed by atoms with van der Waals surface area (Å²) in [4.78, 5) is 21.7. The lowest BCUT2D eigenvalue weighted by Crippen LogP contribution is -2.50. The van der Waals surface area contributed by atoms with Gasteiger partial charge in [-0.25, -0.2) is 10.2 Å². The summed E-state index contributed by atoms with van der Waals surface area (Å²) in [5.74, 6) is -0.571. The number of hydrogen-bond donors (Lipinski definition) is 4. The molecule has 0 aromatic carbocycles. The first-order valence-electron chi connectivity index (χ1n) is 4.21. The number of hydrazine groups is 1. The second kappa shape index (κ2) is 5.75. The fourth-order valence-corrected chi connectivity index (χ4v) is 0.945. The molecule has 0 aromatic rings. The fourth-order valence-electron chi connectivity index (χ4n) is 0.802. The maximum absolute atomic E-state index is 11.4. The minimum Gasteiger partial charge on any atom is -0.494 e. The van der Waals surface area contributed by atoms with E-state index in [2.05, 4.69) is 23.0 Å². The average Bonchev–Trinajstić information content (AvgIpc) is 2.27. The summed E-state index contributed by atoms with van der Waals surface area (Å²) in [7, 11) is 0. The van der Waals surface area contributed by atoms with Gasteiger partial charge in [0.1, 0.15) is 19.5 Å². The van der Waals surface area contributed by atoms with E-state index < -0.39 is 11.9 Å². The van der Waals surface area contributed by atoms with Crippen molar-refractivity contribution in [2.45, 2.75) is 0 Å². The molecule has 0 saturated heterocycles. The van der Waals surface area contributed by atoms with Crippen LogP contribution >= 0.6 is 12.2 Å². The topological polar surface area (TPSA) is 115 Å². The number of amides is 3. The van der Waals surface area contributed by atoms with Crippen LogP contribution < -0.4 is 21.9 Å². The van der Waals surface area contributed by atoms with Crippen LogP contribution in [0.1, 0.15) is 0 Å². The van der Waals surface area contributed by atoms with E-state index in [-0.39, 0.29) is 10.9 Å². The Bertz CT molecular complexity index is 343. The molecule has 0 spiro atoms. The number of thiocarbonyl (C=S) groups is 1. The third-order valence-electron chi connectivity index (χ3n) is 1.40. The molecule has 0 saturated carbocycles. The number of urea groups is 1. The van der Waals surface area contributed by atoms with Crippen molar-refractivity contribution in [3.63, 3.8) is 0 Å². The van der Waals surface area contributed by atoms with E-state index in [1.54, 1.807) is 0 Å². The highest BCUT2D eigenvalue weighted by Gasteiger charge is 2.15. The number of primary amides is 1. The number of nitrogens with one attached hydrogen (secondary N) is 3. The fraction of sp³-hybridized carbons (Fsp3) is 0.286. The lowest BCUT2D eigenvalue weighted by atomic mass is 10.5. The summed E-state index contributed by atoms with van der Waals surface area (Å²) >= 11 is 4.68. The molecule has 0 radical (unpaired) electrons. The summed E-state index contributed by atoms with van der Waals surface area (Å²) in [6.45, 7) is 0.682. The minimum absolute atomic E-state index is 0.00877. The van der Waals surface area contributed by atoms with E-state index in [0.29, 0.717) is 13.2 Å². The van der Waals surface area contributed by atoms with Crippen molar-refractivity contribution in [3.8, 4) is 0 Å². The Morgan fingerprint density at radius 3 is 2.69 bits per heavy atom. The molecule has 1 aliphatic rings.